The Hall–Kier alpha value is -0.410. The Balaban J connectivity index is 2.73. The van der Waals surface area contributed by atoms with E-state index in [9.17, 15) is 4.79 Å². The predicted molar refractivity (Wildman–Crippen MR) is 54.0 cm³/mol. The van der Waals surface area contributed by atoms with E-state index in [0.29, 0.717) is 13.0 Å². The van der Waals surface area contributed by atoms with E-state index in [0.717, 1.165) is 6.42 Å². The van der Waals surface area contributed by atoms with Crippen LogP contribution in [0.5, 0.6) is 0 Å². The van der Waals surface area contributed by atoms with Gasteiger partial charge in [0.05, 0.1) is 6.10 Å². The van der Waals surface area contributed by atoms with Crippen molar-refractivity contribution in [2.45, 2.75) is 39.7 Å². The van der Waals surface area contributed by atoms with Gasteiger partial charge in [0, 0.05) is 25.0 Å². The standard InChI is InChI=1S/C11H20O3/c1-8-11(2,3)10(13)6-9(7-12)4-5-14-8/h8-9,12H,4-7H2,1-3H3/t8-,9-/m0/s1. The summed E-state index contributed by atoms with van der Waals surface area (Å²) >= 11 is 0. The Labute approximate surface area is 85.5 Å². The van der Waals surface area contributed by atoms with Crippen LogP contribution in [0, 0.1) is 11.3 Å². The predicted octanol–water partition coefficient (Wildman–Crippen LogP) is 1.39. The van der Waals surface area contributed by atoms with E-state index >= 15 is 0 Å². The van der Waals surface area contributed by atoms with Gasteiger partial charge in [0.1, 0.15) is 5.78 Å². The first-order valence-electron chi connectivity index (χ1n) is 5.24. The second-order valence-corrected chi connectivity index (χ2v) is 4.70. The second-order valence-electron chi connectivity index (χ2n) is 4.70. The molecule has 82 valence electrons. The first-order valence-corrected chi connectivity index (χ1v) is 5.24. The summed E-state index contributed by atoms with van der Waals surface area (Å²) in [6, 6.07) is 0. The molecule has 14 heavy (non-hydrogen) atoms. The number of carbonyl (C=O) groups is 1. The van der Waals surface area contributed by atoms with Crippen LogP contribution in [0.2, 0.25) is 0 Å². The highest BCUT2D eigenvalue weighted by Crippen LogP contribution is 2.30. The van der Waals surface area contributed by atoms with Gasteiger partial charge in [-0.1, -0.05) is 13.8 Å². The van der Waals surface area contributed by atoms with Gasteiger partial charge in [-0.3, -0.25) is 4.79 Å². The van der Waals surface area contributed by atoms with Gasteiger partial charge in [-0.15, -0.1) is 0 Å². The molecule has 0 radical (unpaired) electrons. The van der Waals surface area contributed by atoms with Gasteiger partial charge in [0.25, 0.3) is 0 Å². The molecule has 0 saturated carbocycles. The molecule has 2 atom stereocenters. The number of hydrogen-bond donors (Lipinski definition) is 1. The largest absolute Gasteiger partial charge is 0.396 e. The summed E-state index contributed by atoms with van der Waals surface area (Å²) in [5.74, 6) is 0.276. The minimum atomic E-state index is -0.423. The third kappa shape index (κ3) is 2.34. The maximum atomic E-state index is 11.9. The van der Waals surface area contributed by atoms with Gasteiger partial charge in [-0.05, 0) is 19.3 Å². The molecule has 0 amide bonds. The Morgan fingerprint density at radius 3 is 2.79 bits per heavy atom. The molecule has 3 heteroatoms. The van der Waals surface area contributed by atoms with E-state index in [1.165, 1.54) is 0 Å². The Kier molecular flexibility index (Phi) is 3.67. The van der Waals surface area contributed by atoms with Crippen molar-refractivity contribution in [2.24, 2.45) is 11.3 Å². The van der Waals surface area contributed by atoms with Gasteiger partial charge < -0.3 is 9.84 Å². The second kappa shape index (κ2) is 4.41. The maximum Gasteiger partial charge on any atom is 0.141 e. The van der Waals surface area contributed by atoms with Crippen molar-refractivity contribution < 1.29 is 14.6 Å². The molecule has 0 spiro atoms. The van der Waals surface area contributed by atoms with Gasteiger partial charge in [-0.25, -0.2) is 0 Å². The summed E-state index contributed by atoms with van der Waals surface area (Å²) < 4.78 is 5.57. The lowest BCUT2D eigenvalue weighted by molar-refractivity contribution is -0.139. The van der Waals surface area contributed by atoms with Gasteiger partial charge in [0.15, 0.2) is 0 Å². The number of ether oxygens (including phenoxy) is 1. The topological polar surface area (TPSA) is 46.5 Å². The molecule has 1 heterocycles. The van der Waals surface area contributed by atoms with Crippen LogP contribution in [0.15, 0.2) is 0 Å². The fourth-order valence-corrected chi connectivity index (χ4v) is 1.63. The SMILES string of the molecule is C[C@@H]1OCC[C@H](CO)CC(=O)C1(C)C. The Morgan fingerprint density at radius 1 is 1.57 bits per heavy atom. The van der Waals surface area contributed by atoms with Gasteiger partial charge >= 0.3 is 0 Å². The van der Waals surface area contributed by atoms with Crippen molar-refractivity contribution in [3.63, 3.8) is 0 Å². The zero-order valence-corrected chi connectivity index (χ0v) is 9.25. The number of Topliss-reactive ketones (excluding diaryl/α,β-unsaturated/α-hetero) is 1. The fraction of sp³-hybridized carbons (Fsp3) is 0.909. The van der Waals surface area contributed by atoms with E-state index < -0.39 is 5.41 Å². The summed E-state index contributed by atoms with van der Waals surface area (Å²) in [5.41, 5.74) is -0.423. The molecule has 0 aliphatic carbocycles. The monoisotopic (exact) mass is 200 g/mol. The van der Waals surface area contributed by atoms with Crippen LogP contribution in [0.1, 0.15) is 33.6 Å². The lowest BCUT2D eigenvalue weighted by Crippen LogP contribution is -2.40. The summed E-state index contributed by atoms with van der Waals surface area (Å²) in [6.07, 6.45) is 1.23. The highest BCUT2D eigenvalue weighted by atomic mass is 16.5. The molecule has 0 aromatic rings. The molecular weight excluding hydrogens is 180 g/mol. The summed E-state index contributed by atoms with van der Waals surface area (Å²) in [6.45, 7) is 6.50. The first kappa shape index (κ1) is 11.7. The van der Waals surface area contributed by atoms with Crippen molar-refractivity contribution >= 4 is 5.78 Å². The first-order chi connectivity index (χ1) is 6.48. The van der Waals surface area contributed by atoms with Gasteiger partial charge in [-0.2, -0.15) is 0 Å². The molecule has 1 N–H and O–H groups in total. The summed E-state index contributed by atoms with van der Waals surface area (Å²) in [4.78, 5) is 11.9. The molecule has 3 nitrogen and oxygen atoms in total. The Bertz CT molecular complexity index is 211. The minimum Gasteiger partial charge on any atom is -0.396 e. The summed E-state index contributed by atoms with van der Waals surface area (Å²) in [7, 11) is 0. The van der Waals surface area contributed by atoms with Crippen molar-refractivity contribution in [1.82, 2.24) is 0 Å². The number of rotatable bonds is 1. The van der Waals surface area contributed by atoms with E-state index in [2.05, 4.69) is 0 Å². The van der Waals surface area contributed by atoms with Crippen molar-refractivity contribution in [3.05, 3.63) is 0 Å². The summed E-state index contributed by atoms with van der Waals surface area (Å²) in [5, 5.41) is 9.05. The lowest BCUT2D eigenvalue weighted by Gasteiger charge is -2.34. The molecule has 1 saturated heterocycles. The van der Waals surface area contributed by atoms with Crippen LogP contribution in [-0.2, 0) is 9.53 Å². The average molecular weight is 200 g/mol. The zero-order valence-electron chi connectivity index (χ0n) is 9.25. The van der Waals surface area contributed by atoms with Gasteiger partial charge in [0.2, 0.25) is 0 Å². The maximum absolute atomic E-state index is 11.9. The smallest absolute Gasteiger partial charge is 0.141 e. The number of aliphatic hydroxyl groups excluding tert-OH is 1. The number of aliphatic hydroxyl groups is 1. The highest BCUT2D eigenvalue weighted by molar-refractivity contribution is 5.84. The number of hydrogen-bond acceptors (Lipinski definition) is 3. The normalized spacial score (nSPS) is 33.6. The van der Waals surface area contributed by atoms with E-state index in [-0.39, 0.29) is 24.4 Å². The molecule has 1 rings (SSSR count). The van der Waals surface area contributed by atoms with Crippen molar-refractivity contribution in [2.75, 3.05) is 13.2 Å². The molecule has 1 fully saturated rings. The van der Waals surface area contributed by atoms with Crippen molar-refractivity contribution in [3.8, 4) is 0 Å². The third-order valence-electron chi connectivity index (χ3n) is 3.36. The van der Waals surface area contributed by atoms with Crippen LogP contribution < -0.4 is 0 Å². The quantitative estimate of drug-likeness (QED) is 0.695. The molecule has 0 aromatic carbocycles. The average Bonchev–Trinajstić information content (AvgIpc) is 2.14. The van der Waals surface area contributed by atoms with E-state index in [4.69, 9.17) is 9.84 Å². The molecule has 0 bridgehead atoms. The number of ketones is 1. The molecule has 0 aromatic heterocycles. The van der Waals surface area contributed by atoms with E-state index in [1.807, 2.05) is 20.8 Å². The molecule has 1 aliphatic rings. The van der Waals surface area contributed by atoms with Crippen LogP contribution >= 0.6 is 0 Å². The van der Waals surface area contributed by atoms with Crippen LogP contribution in [0.4, 0.5) is 0 Å². The zero-order chi connectivity index (χ0) is 10.8. The number of carbonyl (C=O) groups excluding carboxylic acids is 1. The lowest BCUT2D eigenvalue weighted by atomic mass is 9.78. The van der Waals surface area contributed by atoms with E-state index in [1.54, 1.807) is 0 Å². The van der Waals surface area contributed by atoms with Crippen molar-refractivity contribution in [1.29, 1.82) is 0 Å². The van der Waals surface area contributed by atoms with Crippen LogP contribution in [0.25, 0.3) is 0 Å². The molecule has 1 aliphatic heterocycles. The van der Waals surface area contributed by atoms with Crippen LogP contribution in [-0.4, -0.2) is 30.2 Å². The van der Waals surface area contributed by atoms with Crippen LogP contribution in [0.3, 0.4) is 0 Å². The minimum absolute atomic E-state index is 0.0327. The highest BCUT2D eigenvalue weighted by Gasteiger charge is 2.36. The Morgan fingerprint density at radius 2 is 2.21 bits per heavy atom. The molecular formula is C11H20O3. The fourth-order valence-electron chi connectivity index (χ4n) is 1.63. The third-order valence-corrected chi connectivity index (χ3v) is 3.36. The molecule has 0 unspecified atom stereocenters.